The van der Waals surface area contributed by atoms with E-state index in [4.69, 9.17) is 4.99 Å². The fraction of sp³-hybridized carbons (Fsp3) is 0.417. The maximum atomic E-state index is 4.71. The van der Waals surface area contributed by atoms with Crippen LogP contribution in [0.1, 0.15) is 32.3 Å². The summed E-state index contributed by atoms with van der Waals surface area (Å²) in [7, 11) is 0. The van der Waals surface area contributed by atoms with Crippen molar-refractivity contribution in [2.24, 2.45) is 4.99 Å². The van der Waals surface area contributed by atoms with Gasteiger partial charge in [-0.15, -0.1) is 0 Å². The summed E-state index contributed by atoms with van der Waals surface area (Å²) in [6.07, 6.45) is 2.30. The minimum absolute atomic E-state index is 0.158. The van der Waals surface area contributed by atoms with Crippen LogP contribution >= 0.6 is 0 Å². The molecule has 1 aliphatic rings. The fourth-order valence-electron chi connectivity index (χ4n) is 1.74. The summed E-state index contributed by atoms with van der Waals surface area (Å²) in [6.45, 7) is 4.39. The lowest BCUT2D eigenvalue weighted by Gasteiger charge is -2.10. The normalized spacial score (nSPS) is 20.0. The SMILES string of the molecule is CC1(C)CCC(c2ccccc2)=N1. The predicted octanol–water partition coefficient (Wildman–Crippen LogP) is 3.05. The van der Waals surface area contributed by atoms with Gasteiger partial charge in [-0.2, -0.15) is 0 Å². The molecule has 0 saturated heterocycles. The Kier molecular flexibility index (Phi) is 1.95. The van der Waals surface area contributed by atoms with Crippen molar-refractivity contribution in [3.05, 3.63) is 35.9 Å². The van der Waals surface area contributed by atoms with Crippen LogP contribution in [-0.4, -0.2) is 11.3 Å². The number of benzene rings is 1. The lowest BCUT2D eigenvalue weighted by Crippen LogP contribution is -2.10. The minimum Gasteiger partial charge on any atom is -0.283 e. The molecule has 0 aromatic heterocycles. The first-order valence-electron chi connectivity index (χ1n) is 4.82. The molecule has 0 radical (unpaired) electrons. The van der Waals surface area contributed by atoms with Gasteiger partial charge in [0.25, 0.3) is 0 Å². The molecule has 0 N–H and O–H groups in total. The van der Waals surface area contributed by atoms with Crippen LogP contribution in [0.3, 0.4) is 0 Å². The van der Waals surface area contributed by atoms with Crippen LogP contribution < -0.4 is 0 Å². The molecule has 13 heavy (non-hydrogen) atoms. The van der Waals surface area contributed by atoms with Crippen molar-refractivity contribution < 1.29 is 0 Å². The zero-order valence-electron chi connectivity index (χ0n) is 8.25. The molecule has 0 unspecified atom stereocenters. The Morgan fingerprint density at radius 3 is 2.38 bits per heavy atom. The molecule has 1 aliphatic heterocycles. The molecule has 0 saturated carbocycles. The summed E-state index contributed by atoms with van der Waals surface area (Å²) >= 11 is 0. The van der Waals surface area contributed by atoms with Crippen LogP contribution in [0.15, 0.2) is 35.3 Å². The number of nitrogens with zero attached hydrogens (tertiary/aromatic N) is 1. The van der Waals surface area contributed by atoms with Crippen molar-refractivity contribution in [1.82, 2.24) is 0 Å². The van der Waals surface area contributed by atoms with Crippen molar-refractivity contribution in [3.8, 4) is 0 Å². The van der Waals surface area contributed by atoms with Crippen LogP contribution in [0.2, 0.25) is 0 Å². The average Bonchev–Trinajstić information content (AvgIpc) is 2.48. The second kappa shape index (κ2) is 2.99. The summed E-state index contributed by atoms with van der Waals surface area (Å²) in [5.41, 5.74) is 2.71. The van der Waals surface area contributed by atoms with Crippen molar-refractivity contribution in [2.45, 2.75) is 32.2 Å². The molecule has 2 rings (SSSR count). The molecule has 0 bridgehead atoms. The van der Waals surface area contributed by atoms with Crippen molar-refractivity contribution >= 4 is 5.71 Å². The summed E-state index contributed by atoms with van der Waals surface area (Å²) < 4.78 is 0. The minimum atomic E-state index is 0.158. The Balaban J connectivity index is 2.30. The van der Waals surface area contributed by atoms with Crippen LogP contribution in [0.25, 0.3) is 0 Å². The molecule has 1 heteroatoms. The third-order valence-corrected chi connectivity index (χ3v) is 2.52. The van der Waals surface area contributed by atoms with Crippen molar-refractivity contribution in [3.63, 3.8) is 0 Å². The Bertz CT molecular complexity index is 322. The Morgan fingerprint density at radius 2 is 1.85 bits per heavy atom. The standard InChI is InChI=1S/C12H15N/c1-12(2)9-8-11(13-12)10-6-4-3-5-7-10/h3-7H,8-9H2,1-2H3. The molecule has 0 fully saturated rings. The van der Waals surface area contributed by atoms with Gasteiger partial charge in [0.1, 0.15) is 0 Å². The topological polar surface area (TPSA) is 12.4 Å². The maximum absolute atomic E-state index is 4.71. The highest BCUT2D eigenvalue weighted by Crippen LogP contribution is 2.27. The van der Waals surface area contributed by atoms with E-state index in [1.165, 1.54) is 17.7 Å². The number of rotatable bonds is 1. The Hall–Kier alpha value is -1.11. The lowest BCUT2D eigenvalue weighted by molar-refractivity contribution is 0.522. The van der Waals surface area contributed by atoms with Crippen LogP contribution in [0.4, 0.5) is 0 Å². The molecule has 0 amide bonds. The first kappa shape index (κ1) is 8.49. The van der Waals surface area contributed by atoms with Gasteiger partial charge in [-0.1, -0.05) is 30.3 Å². The van der Waals surface area contributed by atoms with E-state index in [2.05, 4.69) is 38.1 Å². The monoisotopic (exact) mass is 173 g/mol. The molecule has 68 valence electrons. The largest absolute Gasteiger partial charge is 0.283 e. The smallest absolute Gasteiger partial charge is 0.0559 e. The third-order valence-electron chi connectivity index (χ3n) is 2.52. The summed E-state index contributed by atoms with van der Waals surface area (Å²) in [6, 6.07) is 10.5. The van der Waals surface area contributed by atoms with E-state index >= 15 is 0 Å². The zero-order chi connectivity index (χ0) is 9.31. The average molecular weight is 173 g/mol. The second-order valence-electron chi connectivity index (χ2n) is 4.24. The van der Waals surface area contributed by atoms with Gasteiger partial charge in [-0.05, 0) is 32.3 Å². The summed E-state index contributed by atoms with van der Waals surface area (Å²) in [5.74, 6) is 0. The lowest BCUT2D eigenvalue weighted by atomic mass is 10.0. The number of hydrogen-bond acceptors (Lipinski definition) is 1. The van der Waals surface area contributed by atoms with Crippen LogP contribution in [0, 0.1) is 0 Å². The van der Waals surface area contributed by atoms with E-state index in [0.717, 1.165) is 6.42 Å². The van der Waals surface area contributed by atoms with Gasteiger partial charge in [0, 0.05) is 5.71 Å². The van der Waals surface area contributed by atoms with Crippen molar-refractivity contribution in [1.29, 1.82) is 0 Å². The van der Waals surface area contributed by atoms with Gasteiger partial charge >= 0.3 is 0 Å². The molecular formula is C12H15N. The highest BCUT2D eigenvalue weighted by atomic mass is 14.9. The molecule has 1 aromatic rings. The zero-order valence-corrected chi connectivity index (χ0v) is 8.25. The van der Waals surface area contributed by atoms with E-state index in [9.17, 15) is 0 Å². The molecule has 1 aromatic carbocycles. The van der Waals surface area contributed by atoms with Crippen molar-refractivity contribution in [2.75, 3.05) is 0 Å². The summed E-state index contributed by atoms with van der Waals surface area (Å²) in [5, 5.41) is 0. The molecule has 0 atom stereocenters. The van der Waals surface area contributed by atoms with Gasteiger partial charge < -0.3 is 0 Å². The molecular weight excluding hydrogens is 158 g/mol. The molecule has 0 aliphatic carbocycles. The highest BCUT2D eigenvalue weighted by molar-refractivity contribution is 6.01. The maximum Gasteiger partial charge on any atom is 0.0559 e. The Morgan fingerprint density at radius 1 is 1.15 bits per heavy atom. The van der Waals surface area contributed by atoms with E-state index in [-0.39, 0.29) is 5.54 Å². The second-order valence-corrected chi connectivity index (χ2v) is 4.24. The van der Waals surface area contributed by atoms with Gasteiger partial charge in [-0.3, -0.25) is 4.99 Å². The Labute approximate surface area is 79.5 Å². The summed E-state index contributed by atoms with van der Waals surface area (Å²) in [4.78, 5) is 4.71. The van der Waals surface area contributed by atoms with E-state index in [0.29, 0.717) is 0 Å². The van der Waals surface area contributed by atoms with Gasteiger partial charge in [0.15, 0.2) is 0 Å². The highest BCUT2D eigenvalue weighted by Gasteiger charge is 2.24. The van der Waals surface area contributed by atoms with E-state index in [1.54, 1.807) is 0 Å². The van der Waals surface area contributed by atoms with Crippen LogP contribution in [0.5, 0.6) is 0 Å². The van der Waals surface area contributed by atoms with E-state index in [1.807, 2.05) is 6.07 Å². The quantitative estimate of drug-likeness (QED) is 0.619. The first-order valence-corrected chi connectivity index (χ1v) is 4.82. The van der Waals surface area contributed by atoms with Gasteiger partial charge in [0.05, 0.1) is 5.54 Å². The number of hydrogen-bond donors (Lipinski definition) is 0. The van der Waals surface area contributed by atoms with E-state index < -0.39 is 0 Å². The predicted molar refractivity (Wildman–Crippen MR) is 56.3 cm³/mol. The van der Waals surface area contributed by atoms with Gasteiger partial charge in [-0.25, -0.2) is 0 Å². The molecule has 1 nitrogen and oxygen atoms in total. The van der Waals surface area contributed by atoms with Gasteiger partial charge in [0.2, 0.25) is 0 Å². The fourth-order valence-corrected chi connectivity index (χ4v) is 1.74. The van der Waals surface area contributed by atoms with Crippen LogP contribution in [-0.2, 0) is 0 Å². The molecule has 0 spiro atoms. The number of aliphatic imine (C=N–C) groups is 1. The first-order chi connectivity index (χ1) is 6.17. The third kappa shape index (κ3) is 1.80. The molecule has 1 heterocycles.